The molecular weight excluding hydrogens is 400 g/mol. The number of ether oxygens (including phenoxy) is 1. The largest absolute Gasteiger partial charge is 0.496 e. The highest BCUT2D eigenvalue weighted by atomic mass is 79.9. The zero-order chi connectivity index (χ0) is 18.6. The molecular formula is C23H25BrN2O. The third-order valence-corrected chi connectivity index (χ3v) is 5.98. The van der Waals surface area contributed by atoms with E-state index in [1.54, 1.807) is 7.11 Å². The Balaban J connectivity index is 1.35. The quantitative estimate of drug-likeness (QED) is 0.577. The molecule has 140 valence electrons. The van der Waals surface area contributed by atoms with Gasteiger partial charge in [0.25, 0.3) is 0 Å². The molecule has 0 saturated carbocycles. The van der Waals surface area contributed by atoms with Gasteiger partial charge in [0, 0.05) is 39.3 Å². The van der Waals surface area contributed by atoms with Crippen molar-refractivity contribution < 1.29 is 4.74 Å². The van der Waals surface area contributed by atoms with Gasteiger partial charge in [0.1, 0.15) is 5.75 Å². The van der Waals surface area contributed by atoms with Gasteiger partial charge >= 0.3 is 0 Å². The number of benzene rings is 3. The molecule has 4 heteroatoms. The van der Waals surface area contributed by atoms with Gasteiger partial charge in [-0.15, -0.1) is 0 Å². The van der Waals surface area contributed by atoms with Crippen LogP contribution in [0.15, 0.2) is 65.1 Å². The maximum Gasteiger partial charge on any atom is 0.133 e. The first-order valence-corrected chi connectivity index (χ1v) is 10.3. The number of methoxy groups -OCH3 is 1. The van der Waals surface area contributed by atoms with Gasteiger partial charge in [-0.1, -0.05) is 48.5 Å². The molecule has 4 rings (SSSR count). The first-order valence-electron chi connectivity index (χ1n) is 9.47. The van der Waals surface area contributed by atoms with Gasteiger partial charge in [-0.25, -0.2) is 0 Å². The summed E-state index contributed by atoms with van der Waals surface area (Å²) in [5, 5.41) is 2.71. The summed E-state index contributed by atoms with van der Waals surface area (Å²) in [5.41, 5.74) is 2.76. The normalized spacial score (nSPS) is 15.9. The summed E-state index contributed by atoms with van der Waals surface area (Å²) >= 11 is 3.59. The molecule has 1 aliphatic rings. The van der Waals surface area contributed by atoms with Gasteiger partial charge in [-0.2, -0.15) is 0 Å². The summed E-state index contributed by atoms with van der Waals surface area (Å²) in [6.45, 7) is 6.46. The Morgan fingerprint density at radius 2 is 1.56 bits per heavy atom. The van der Waals surface area contributed by atoms with E-state index in [0.29, 0.717) is 0 Å². The summed E-state index contributed by atoms with van der Waals surface area (Å²) < 4.78 is 6.35. The Kier molecular flexibility index (Phi) is 5.77. The van der Waals surface area contributed by atoms with Crippen LogP contribution in [0.2, 0.25) is 0 Å². The maximum absolute atomic E-state index is 5.32. The van der Waals surface area contributed by atoms with Crippen LogP contribution in [-0.2, 0) is 13.1 Å². The number of hydrogen-bond donors (Lipinski definition) is 0. The number of rotatable bonds is 5. The highest BCUT2D eigenvalue weighted by Crippen LogP contribution is 2.26. The van der Waals surface area contributed by atoms with Crippen molar-refractivity contribution in [3.05, 3.63) is 76.3 Å². The van der Waals surface area contributed by atoms with Gasteiger partial charge in [0.2, 0.25) is 0 Å². The van der Waals surface area contributed by atoms with Gasteiger partial charge in [0.05, 0.1) is 11.6 Å². The van der Waals surface area contributed by atoms with Crippen LogP contribution in [0, 0.1) is 0 Å². The smallest absolute Gasteiger partial charge is 0.133 e. The van der Waals surface area contributed by atoms with Crippen molar-refractivity contribution in [3.8, 4) is 5.75 Å². The first kappa shape index (κ1) is 18.5. The van der Waals surface area contributed by atoms with Crippen molar-refractivity contribution in [2.24, 2.45) is 0 Å². The molecule has 3 aromatic carbocycles. The summed E-state index contributed by atoms with van der Waals surface area (Å²) in [5.74, 6) is 0.888. The molecule has 0 radical (unpaired) electrons. The fourth-order valence-corrected chi connectivity index (χ4v) is 4.43. The monoisotopic (exact) mass is 424 g/mol. The van der Waals surface area contributed by atoms with E-state index in [9.17, 15) is 0 Å². The number of halogens is 1. The van der Waals surface area contributed by atoms with Crippen LogP contribution in [-0.4, -0.2) is 43.1 Å². The third-order valence-electron chi connectivity index (χ3n) is 5.36. The van der Waals surface area contributed by atoms with E-state index < -0.39 is 0 Å². The minimum Gasteiger partial charge on any atom is -0.496 e. The Morgan fingerprint density at radius 3 is 2.30 bits per heavy atom. The van der Waals surface area contributed by atoms with Crippen LogP contribution in [0.25, 0.3) is 10.8 Å². The van der Waals surface area contributed by atoms with Crippen LogP contribution in [0.1, 0.15) is 11.1 Å². The van der Waals surface area contributed by atoms with E-state index in [1.165, 1.54) is 21.9 Å². The first-order chi connectivity index (χ1) is 13.2. The second-order valence-corrected chi connectivity index (χ2v) is 8.01. The predicted molar refractivity (Wildman–Crippen MR) is 115 cm³/mol. The lowest BCUT2D eigenvalue weighted by atomic mass is 10.0. The Hall–Kier alpha value is -1.88. The van der Waals surface area contributed by atoms with Crippen molar-refractivity contribution in [2.75, 3.05) is 33.3 Å². The molecule has 0 N–H and O–H groups in total. The average molecular weight is 425 g/mol. The van der Waals surface area contributed by atoms with Crippen molar-refractivity contribution in [3.63, 3.8) is 0 Å². The van der Waals surface area contributed by atoms with E-state index in [4.69, 9.17) is 4.74 Å². The van der Waals surface area contributed by atoms with Gasteiger partial charge in [-0.05, 0) is 50.0 Å². The van der Waals surface area contributed by atoms with E-state index >= 15 is 0 Å². The lowest BCUT2D eigenvalue weighted by Gasteiger charge is -2.35. The van der Waals surface area contributed by atoms with Crippen molar-refractivity contribution >= 4 is 26.7 Å². The summed E-state index contributed by atoms with van der Waals surface area (Å²) in [6.07, 6.45) is 0. The molecule has 0 unspecified atom stereocenters. The van der Waals surface area contributed by atoms with Crippen molar-refractivity contribution in [2.45, 2.75) is 13.1 Å². The molecule has 0 aromatic heterocycles. The Bertz CT molecular complexity index is 914. The maximum atomic E-state index is 5.32. The van der Waals surface area contributed by atoms with Crippen LogP contribution < -0.4 is 4.74 Å². The number of fused-ring (bicyclic) bond motifs is 1. The summed E-state index contributed by atoms with van der Waals surface area (Å²) in [7, 11) is 1.70. The minimum absolute atomic E-state index is 0.888. The second kappa shape index (κ2) is 8.42. The van der Waals surface area contributed by atoms with Crippen LogP contribution >= 0.6 is 15.9 Å². The molecule has 0 bridgehead atoms. The number of nitrogens with zero attached hydrogens (tertiary/aromatic N) is 2. The van der Waals surface area contributed by atoms with Gasteiger partial charge in [0.15, 0.2) is 0 Å². The fourth-order valence-electron chi connectivity index (χ4n) is 3.84. The van der Waals surface area contributed by atoms with Crippen LogP contribution in [0.5, 0.6) is 5.75 Å². The molecule has 1 saturated heterocycles. The highest BCUT2D eigenvalue weighted by Gasteiger charge is 2.18. The molecule has 0 spiro atoms. The Labute approximate surface area is 169 Å². The van der Waals surface area contributed by atoms with E-state index in [1.807, 2.05) is 6.07 Å². The molecule has 1 aliphatic heterocycles. The molecule has 0 aliphatic carbocycles. The minimum atomic E-state index is 0.888. The second-order valence-electron chi connectivity index (χ2n) is 7.16. The highest BCUT2D eigenvalue weighted by molar-refractivity contribution is 9.10. The molecule has 0 atom stereocenters. The molecule has 27 heavy (non-hydrogen) atoms. The van der Waals surface area contributed by atoms with Gasteiger partial charge in [-0.3, -0.25) is 9.80 Å². The van der Waals surface area contributed by atoms with Crippen LogP contribution in [0.4, 0.5) is 0 Å². The standard InChI is InChI=1S/C23H25BrN2O/c1-27-23-10-9-18(15-22(23)24)16-25-11-13-26(14-12-25)17-20-7-4-6-19-5-2-3-8-21(19)20/h2-10,15H,11-14,16-17H2,1H3. The van der Waals surface area contributed by atoms with Crippen molar-refractivity contribution in [1.82, 2.24) is 9.80 Å². The number of piperazine rings is 1. The number of hydrogen-bond acceptors (Lipinski definition) is 3. The molecule has 0 amide bonds. The fraction of sp³-hybridized carbons (Fsp3) is 0.304. The molecule has 1 heterocycles. The Morgan fingerprint density at radius 1 is 0.852 bits per heavy atom. The lowest BCUT2D eigenvalue weighted by molar-refractivity contribution is 0.122. The predicted octanol–water partition coefficient (Wildman–Crippen LogP) is 4.93. The lowest BCUT2D eigenvalue weighted by Crippen LogP contribution is -2.45. The van der Waals surface area contributed by atoms with Crippen LogP contribution in [0.3, 0.4) is 0 Å². The van der Waals surface area contributed by atoms with E-state index in [-0.39, 0.29) is 0 Å². The SMILES string of the molecule is COc1ccc(CN2CCN(Cc3cccc4ccccc34)CC2)cc1Br. The third kappa shape index (κ3) is 4.34. The van der Waals surface area contributed by atoms with Crippen molar-refractivity contribution in [1.29, 1.82) is 0 Å². The average Bonchev–Trinajstić information content (AvgIpc) is 2.70. The van der Waals surface area contributed by atoms with E-state index in [2.05, 4.69) is 80.3 Å². The molecule has 1 fully saturated rings. The summed E-state index contributed by atoms with van der Waals surface area (Å²) in [6, 6.07) is 21.7. The van der Waals surface area contributed by atoms with Gasteiger partial charge < -0.3 is 4.74 Å². The molecule has 3 nitrogen and oxygen atoms in total. The van der Waals surface area contributed by atoms with E-state index in [0.717, 1.165) is 49.5 Å². The molecule has 3 aromatic rings. The zero-order valence-corrected chi connectivity index (χ0v) is 17.3. The summed E-state index contributed by atoms with van der Waals surface area (Å²) in [4.78, 5) is 5.11. The zero-order valence-electron chi connectivity index (χ0n) is 15.7. The topological polar surface area (TPSA) is 15.7 Å².